The Bertz CT molecular complexity index is 1070. The first-order valence-corrected chi connectivity index (χ1v) is 10.4. The van der Waals surface area contributed by atoms with Gasteiger partial charge in [0.2, 0.25) is 5.91 Å². The quantitative estimate of drug-likeness (QED) is 0.613. The van der Waals surface area contributed by atoms with Crippen LogP contribution in [0.15, 0.2) is 55.4 Å². The Hall–Kier alpha value is -3.46. The standard InChI is InChI=1S/C21H22N6O2S/c1-2-17(28)25-8-10-26(11-9-25)21-24-18(19(30-21)20(22)29)16-12-23-27(14-16)13-15-6-4-3-5-7-15/h2-7,12,14H,1,8-11,13H2,(H2,22,29). The highest BCUT2D eigenvalue weighted by Gasteiger charge is 2.25. The Balaban J connectivity index is 1.54. The summed E-state index contributed by atoms with van der Waals surface area (Å²) in [6, 6.07) is 10.0. The molecular weight excluding hydrogens is 400 g/mol. The molecule has 3 heterocycles. The highest BCUT2D eigenvalue weighted by atomic mass is 32.1. The number of piperazine rings is 1. The van der Waals surface area contributed by atoms with Gasteiger partial charge in [-0.05, 0) is 11.6 Å². The molecule has 1 aromatic carbocycles. The van der Waals surface area contributed by atoms with Crippen LogP contribution < -0.4 is 10.6 Å². The van der Waals surface area contributed by atoms with Gasteiger partial charge in [0, 0.05) is 37.9 Å². The summed E-state index contributed by atoms with van der Waals surface area (Å²) in [6.45, 7) is 6.60. The summed E-state index contributed by atoms with van der Waals surface area (Å²) in [4.78, 5) is 32.8. The molecule has 2 amide bonds. The van der Waals surface area contributed by atoms with Crippen LogP contribution in [-0.4, -0.2) is 57.7 Å². The lowest BCUT2D eigenvalue weighted by atomic mass is 10.2. The third kappa shape index (κ3) is 4.11. The van der Waals surface area contributed by atoms with Gasteiger partial charge in [-0.25, -0.2) is 4.98 Å². The molecular formula is C21H22N6O2S. The molecule has 9 heteroatoms. The summed E-state index contributed by atoms with van der Waals surface area (Å²) in [6.07, 6.45) is 4.91. The van der Waals surface area contributed by atoms with Gasteiger partial charge >= 0.3 is 0 Å². The van der Waals surface area contributed by atoms with Crippen molar-refractivity contribution in [2.24, 2.45) is 5.73 Å². The van der Waals surface area contributed by atoms with E-state index in [1.807, 2.05) is 41.2 Å². The Labute approximate surface area is 178 Å². The number of primary amides is 1. The van der Waals surface area contributed by atoms with Crippen LogP contribution in [0.25, 0.3) is 11.3 Å². The molecule has 8 nitrogen and oxygen atoms in total. The smallest absolute Gasteiger partial charge is 0.261 e. The first-order chi connectivity index (χ1) is 14.5. The zero-order chi connectivity index (χ0) is 21.1. The van der Waals surface area contributed by atoms with Gasteiger partial charge in [-0.3, -0.25) is 14.3 Å². The second-order valence-electron chi connectivity index (χ2n) is 6.97. The van der Waals surface area contributed by atoms with Gasteiger partial charge in [-0.15, -0.1) is 0 Å². The number of carbonyl (C=O) groups is 2. The molecule has 0 saturated carbocycles. The molecule has 154 valence electrons. The lowest BCUT2D eigenvalue weighted by Gasteiger charge is -2.33. The van der Waals surface area contributed by atoms with Crippen molar-refractivity contribution >= 4 is 28.3 Å². The van der Waals surface area contributed by atoms with Crippen molar-refractivity contribution in [1.29, 1.82) is 0 Å². The van der Waals surface area contributed by atoms with E-state index >= 15 is 0 Å². The number of aromatic nitrogens is 3. The van der Waals surface area contributed by atoms with E-state index in [0.29, 0.717) is 43.3 Å². The molecule has 2 N–H and O–H groups in total. The Morgan fingerprint density at radius 2 is 1.90 bits per heavy atom. The minimum atomic E-state index is -0.509. The zero-order valence-electron chi connectivity index (χ0n) is 16.4. The van der Waals surface area contributed by atoms with Gasteiger partial charge in [0.05, 0.1) is 18.4 Å². The van der Waals surface area contributed by atoms with Crippen LogP contribution in [0.3, 0.4) is 0 Å². The molecule has 0 aliphatic carbocycles. The number of rotatable bonds is 6. The molecule has 1 fully saturated rings. The lowest BCUT2D eigenvalue weighted by Crippen LogP contribution is -2.48. The number of nitrogens with zero attached hydrogens (tertiary/aromatic N) is 5. The van der Waals surface area contributed by atoms with E-state index in [9.17, 15) is 9.59 Å². The Morgan fingerprint density at radius 1 is 1.17 bits per heavy atom. The van der Waals surface area contributed by atoms with Crippen LogP contribution in [0.5, 0.6) is 0 Å². The van der Waals surface area contributed by atoms with Crippen molar-refractivity contribution in [2.75, 3.05) is 31.1 Å². The number of hydrogen-bond donors (Lipinski definition) is 1. The van der Waals surface area contributed by atoms with Crippen molar-refractivity contribution in [3.63, 3.8) is 0 Å². The van der Waals surface area contributed by atoms with Crippen molar-refractivity contribution in [3.8, 4) is 11.3 Å². The molecule has 1 aliphatic rings. The number of carbonyl (C=O) groups excluding carboxylic acids is 2. The van der Waals surface area contributed by atoms with Gasteiger partial charge in [-0.2, -0.15) is 5.10 Å². The second-order valence-corrected chi connectivity index (χ2v) is 7.94. The van der Waals surface area contributed by atoms with E-state index in [4.69, 9.17) is 10.7 Å². The second kappa shape index (κ2) is 8.50. The number of amides is 2. The minimum absolute atomic E-state index is 0.0712. The fourth-order valence-electron chi connectivity index (χ4n) is 3.40. The van der Waals surface area contributed by atoms with Gasteiger partial charge in [0.1, 0.15) is 4.88 Å². The van der Waals surface area contributed by atoms with E-state index in [2.05, 4.69) is 16.6 Å². The van der Waals surface area contributed by atoms with Crippen molar-refractivity contribution in [3.05, 3.63) is 65.8 Å². The summed E-state index contributed by atoms with van der Waals surface area (Å²) >= 11 is 1.28. The first kappa shape index (κ1) is 19.8. The van der Waals surface area contributed by atoms with E-state index in [1.165, 1.54) is 17.4 Å². The third-order valence-corrected chi connectivity index (χ3v) is 6.10. The van der Waals surface area contributed by atoms with Crippen molar-refractivity contribution < 1.29 is 9.59 Å². The molecule has 1 saturated heterocycles. The predicted octanol–water partition coefficient (Wildman–Crippen LogP) is 1.99. The van der Waals surface area contributed by atoms with Gasteiger partial charge < -0.3 is 15.5 Å². The van der Waals surface area contributed by atoms with Gasteiger partial charge in [-0.1, -0.05) is 48.2 Å². The molecule has 0 spiro atoms. The summed E-state index contributed by atoms with van der Waals surface area (Å²) < 4.78 is 1.81. The maximum Gasteiger partial charge on any atom is 0.261 e. The fourth-order valence-corrected chi connectivity index (χ4v) is 4.39. The maximum absolute atomic E-state index is 12.1. The molecule has 0 unspecified atom stereocenters. The van der Waals surface area contributed by atoms with E-state index in [1.54, 1.807) is 11.1 Å². The summed E-state index contributed by atoms with van der Waals surface area (Å²) in [7, 11) is 0. The fraction of sp³-hybridized carbons (Fsp3) is 0.238. The van der Waals surface area contributed by atoms with Crippen LogP contribution in [-0.2, 0) is 11.3 Å². The monoisotopic (exact) mass is 422 g/mol. The number of thiazole rings is 1. The van der Waals surface area contributed by atoms with E-state index < -0.39 is 5.91 Å². The molecule has 0 radical (unpaired) electrons. The number of anilines is 1. The van der Waals surface area contributed by atoms with E-state index in [0.717, 1.165) is 16.3 Å². The van der Waals surface area contributed by atoms with Gasteiger partial charge in [0.25, 0.3) is 5.91 Å². The Kier molecular flexibility index (Phi) is 5.62. The molecule has 2 aromatic heterocycles. The first-order valence-electron chi connectivity index (χ1n) is 9.59. The van der Waals surface area contributed by atoms with Crippen molar-refractivity contribution in [2.45, 2.75) is 6.54 Å². The molecule has 30 heavy (non-hydrogen) atoms. The zero-order valence-corrected chi connectivity index (χ0v) is 17.2. The van der Waals surface area contributed by atoms with Crippen LogP contribution in [0.1, 0.15) is 15.2 Å². The highest BCUT2D eigenvalue weighted by molar-refractivity contribution is 7.18. The summed E-state index contributed by atoms with van der Waals surface area (Å²) in [5, 5.41) is 5.13. The average molecular weight is 423 g/mol. The number of nitrogens with two attached hydrogens (primary N) is 1. The Morgan fingerprint density at radius 3 is 2.57 bits per heavy atom. The topological polar surface area (TPSA) is 97.3 Å². The molecule has 3 aromatic rings. The normalized spacial score (nSPS) is 14.0. The minimum Gasteiger partial charge on any atom is -0.365 e. The maximum atomic E-state index is 12.1. The van der Waals surface area contributed by atoms with Crippen molar-refractivity contribution in [1.82, 2.24) is 19.7 Å². The molecule has 1 aliphatic heterocycles. The van der Waals surface area contributed by atoms with Crippen LogP contribution in [0.2, 0.25) is 0 Å². The van der Waals surface area contributed by atoms with E-state index in [-0.39, 0.29) is 5.91 Å². The van der Waals surface area contributed by atoms with Gasteiger partial charge in [0.15, 0.2) is 5.13 Å². The van der Waals surface area contributed by atoms with Crippen LogP contribution >= 0.6 is 11.3 Å². The van der Waals surface area contributed by atoms with Crippen LogP contribution in [0.4, 0.5) is 5.13 Å². The highest BCUT2D eigenvalue weighted by Crippen LogP contribution is 2.33. The summed E-state index contributed by atoms with van der Waals surface area (Å²) in [5.74, 6) is -0.580. The molecule has 0 bridgehead atoms. The largest absolute Gasteiger partial charge is 0.365 e. The third-order valence-electron chi connectivity index (χ3n) is 4.97. The predicted molar refractivity (Wildman–Crippen MR) is 116 cm³/mol. The SMILES string of the molecule is C=CC(=O)N1CCN(c2nc(-c3cnn(Cc4ccccc4)c3)c(C(N)=O)s2)CC1. The lowest BCUT2D eigenvalue weighted by molar-refractivity contribution is -0.126. The number of hydrogen-bond acceptors (Lipinski definition) is 6. The summed E-state index contributed by atoms with van der Waals surface area (Å²) in [5.41, 5.74) is 8.06. The molecule has 0 atom stereocenters. The molecule has 4 rings (SSSR count). The van der Waals surface area contributed by atoms with Crippen LogP contribution in [0, 0.1) is 0 Å². The average Bonchev–Trinajstić information content (AvgIpc) is 3.41. The number of benzene rings is 1.